The molecule has 0 bridgehead atoms. The van der Waals surface area contributed by atoms with Crippen LogP contribution in [-0.4, -0.2) is 89.1 Å². The Balaban J connectivity index is 0.000000376. The number of benzene rings is 2. The van der Waals surface area contributed by atoms with Crippen LogP contribution >= 0.6 is 23.2 Å². The molecule has 0 fully saturated rings. The van der Waals surface area contributed by atoms with E-state index in [4.69, 9.17) is 61.1 Å². The lowest BCUT2D eigenvalue weighted by molar-refractivity contribution is -0.386. The minimum Gasteiger partial charge on any atom is -0.496 e. The highest BCUT2D eigenvalue weighted by Crippen LogP contribution is 2.38. The highest BCUT2D eigenvalue weighted by atomic mass is 35.5. The van der Waals surface area contributed by atoms with Crippen molar-refractivity contribution in [3.8, 4) is 34.7 Å². The molecule has 22 heteroatoms. The molecule has 3 aromatic heterocycles. The standard InChI is InChI=1S/C26H26ClFN4O8.C7H8ClN3O4/c1-5-38-22(33)13-40-19-9-15(27)17(10-20(19)39-11-14-16(28)7-6-8-18(14)36-3)32-24-23(31-26(32)34)25(37-4)30-21(29-24)12-35-2;1-14-3-4-9-6(8)5(11(12)13)7(10-4)15-2/h6-10H,5,11-13H2,1-4H3,(H,31,34);3H2,1-2H3. The molecule has 0 atom stereocenters. The van der Waals surface area contributed by atoms with E-state index in [0.717, 1.165) is 0 Å². The molecular formula is C33H34Cl2FN7O12. The molecule has 19 nitrogen and oxygen atoms in total. The van der Waals surface area contributed by atoms with Crippen molar-refractivity contribution in [2.24, 2.45) is 0 Å². The van der Waals surface area contributed by atoms with Gasteiger partial charge in [0.25, 0.3) is 5.88 Å². The number of imidazole rings is 1. The average Bonchev–Trinajstić information content (AvgIpc) is 3.48. The highest BCUT2D eigenvalue weighted by Gasteiger charge is 2.25. The Hall–Kier alpha value is -5.83. The van der Waals surface area contributed by atoms with E-state index in [1.54, 1.807) is 13.0 Å². The number of aromatic nitrogens is 6. The Morgan fingerprint density at radius 2 is 1.55 bits per heavy atom. The average molecular weight is 811 g/mol. The maximum Gasteiger partial charge on any atom is 0.367 e. The summed E-state index contributed by atoms with van der Waals surface area (Å²) in [4.78, 5) is 53.8. The zero-order valence-electron chi connectivity index (χ0n) is 30.1. The number of hydrogen-bond acceptors (Lipinski definition) is 16. The molecule has 2 aromatic carbocycles. The van der Waals surface area contributed by atoms with Gasteiger partial charge in [-0.2, -0.15) is 9.97 Å². The summed E-state index contributed by atoms with van der Waals surface area (Å²) in [6.07, 6.45) is 0. The van der Waals surface area contributed by atoms with Gasteiger partial charge in [-0.3, -0.25) is 15.1 Å². The first kappa shape index (κ1) is 41.9. The molecular weight excluding hydrogens is 776 g/mol. The first-order chi connectivity index (χ1) is 26.4. The van der Waals surface area contributed by atoms with Crippen LogP contribution in [0, 0.1) is 15.9 Å². The molecule has 0 aliphatic carbocycles. The molecule has 0 saturated heterocycles. The van der Waals surface area contributed by atoms with E-state index in [1.807, 2.05) is 0 Å². The van der Waals surface area contributed by atoms with Crippen molar-refractivity contribution < 1.29 is 52.0 Å². The zero-order valence-corrected chi connectivity index (χ0v) is 31.7. The van der Waals surface area contributed by atoms with Gasteiger partial charge in [0.2, 0.25) is 11.0 Å². The number of fused-ring (bicyclic) bond motifs is 1. The number of rotatable bonds is 16. The van der Waals surface area contributed by atoms with Gasteiger partial charge in [0.1, 0.15) is 36.9 Å². The van der Waals surface area contributed by atoms with E-state index in [2.05, 4.69) is 24.9 Å². The second-order valence-corrected chi connectivity index (χ2v) is 11.3. The second-order valence-electron chi connectivity index (χ2n) is 10.6. The Bertz CT molecular complexity index is 2220. The first-order valence-electron chi connectivity index (χ1n) is 15.8. The smallest absolute Gasteiger partial charge is 0.367 e. The lowest BCUT2D eigenvalue weighted by atomic mass is 10.2. The predicted octanol–water partition coefficient (Wildman–Crippen LogP) is 4.78. The van der Waals surface area contributed by atoms with Crippen molar-refractivity contribution in [1.29, 1.82) is 0 Å². The molecule has 294 valence electrons. The van der Waals surface area contributed by atoms with Gasteiger partial charge in [0.15, 0.2) is 35.4 Å². The summed E-state index contributed by atoms with van der Waals surface area (Å²) in [5, 5.41) is 10.4. The van der Waals surface area contributed by atoms with Crippen molar-refractivity contribution in [2.75, 3.05) is 48.8 Å². The molecule has 0 aliphatic heterocycles. The number of nitrogens with zero attached hydrogens (tertiary/aromatic N) is 6. The summed E-state index contributed by atoms with van der Waals surface area (Å²) in [7, 11) is 7.00. The number of nitro groups is 1. The summed E-state index contributed by atoms with van der Waals surface area (Å²) in [6, 6.07) is 7.13. The molecule has 1 N–H and O–H groups in total. The fourth-order valence-corrected chi connectivity index (χ4v) is 5.27. The molecule has 0 amide bonds. The Morgan fingerprint density at radius 1 is 0.891 bits per heavy atom. The normalized spacial score (nSPS) is 10.7. The molecule has 0 saturated carbocycles. The van der Waals surface area contributed by atoms with Gasteiger partial charge in [0, 0.05) is 26.4 Å². The van der Waals surface area contributed by atoms with Crippen LogP contribution in [0.5, 0.6) is 29.0 Å². The van der Waals surface area contributed by atoms with Crippen molar-refractivity contribution in [2.45, 2.75) is 26.7 Å². The number of carbonyl (C=O) groups excluding carboxylic acids is 1. The summed E-state index contributed by atoms with van der Waals surface area (Å²) in [6.45, 7) is 1.27. The number of ether oxygens (including phenoxy) is 8. The van der Waals surface area contributed by atoms with Gasteiger partial charge >= 0.3 is 17.3 Å². The SMILES string of the molecule is CCOC(=O)COc1cc(Cl)c(-n2c(=O)[nH]c3c(OC)nc(COC)nc32)cc1OCc1c(F)cccc1OC.COCc1nc(Cl)c([N+](=O)[O-])c(OC)n1. The number of halogens is 3. The predicted molar refractivity (Wildman–Crippen MR) is 192 cm³/mol. The largest absolute Gasteiger partial charge is 0.496 e. The van der Waals surface area contributed by atoms with E-state index in [9.17, 15) is 24.1 Å². The number of hydrogen-bond donors (Lipinski definition) is 1. The van der Waals surface area contributed by atoms with Crippen molar-refractivity contribution in [1.82, 2.24) is 29.5 Å². The van der Waals surface area contributed by atoms with Crippen LogP contribution in [0.1, 0.15) is 24.1 Å². The highest BCUT2D eigenvalue weighted by molar-refractivity contribution is 6.32. The third kappa shape index (κ3) is 10.0. The lowest BCUT2D eigenvalue weighted by Gasteiger charge is -2.17. The Kier molecular flexibility index (Phi) is 14.8. The van der Waals surface area contributed by atoms with Crippen LogP contribution < -0.4 is 29.4 Å². The molecule has 0 spiro atoms. The summed E-state index contributed by atoms with van der Waals surface area (Å²) < 4.78 is 57.5. The number of H-pyrrole nitrogens is 1. The fourth-order valence-electron chi connectivity index (χ4n) is 4.79. The van der Waals surface area contributed by atoms with Crippen LogP contribution in [0.3, 0.4) is 0 Å². The maximum absolute atomic E-state index is 14.6. The lowest BCUT2D eigenvalue weighted by Crippen LogP contribution is -2.17. The van der Waals surface area contributed by atoms with Crippen LogP contribution in [0.25, 0.3) is 16.9 Å². The van der Waals surface area contributed by atoms with E-state index < -0.39 is 34.7 Å². The van der Waals surface area contributed by atoms with E-state index in [-0.39, 0.29) is 99.7 Å². The molecule has 3 heterocycles. The minimum absolute atomic E-state index is 0.0494. The first-order valence-corrected chi connectivity index (χ1v) is 16.5. The number of nitrogens with one attached hydrogen (secondary N) is 1. The van der Waals surface area contributed by atoms with Crippen LogP contribution in [-0.2, 0) is 38.8 Å². The quantitative estimate of drug-likeness (QED) is 0.0613. The fraction of sp³-hybridized carbons (Fsp3) is 0.333. The van der Waals surface area contributed by atoms with E-state index >= 15 is 0 Å². The monoisotopic (exact) mass is 809 g/mol. The molecule has 5 aromatic rings. The van der Waals surface area contributed by atoms with Gasteiger partial charge in [-0.25, -0.2) is 28.5 Å². The van der Waals surface area contributed by atoms with Gasteiger partial charge < -0.3 is 37.9 Å². The minimum atomic E-state index is -0.697. The summed E-state index contributed by atoms with van der Waals surface area (Å²) >= 11 is 12.2. The van der Waals surface area contributed by atoms with Gasteiger partial charge in [-0.1, -0.05) is 29.3 Å². The summed E-state index contributed by atoms with van der Waals surface area (Å²) in [5.74, 6) is -0.362. The van der Waals surface area contributed by atoms with Gasteiger partial charge in [-0.15, -0.1) is 0 Å². The van der Waals surface area contributed by atoms with Gasteiger partial charge in [-0.05, 0) is 19.1 Å². The van der Waals surface area contributed by atoms with E-state index in [0.29, 0.717) is 0 Å². The third-order valence-electron chi connectivity index (χ3n) is 7.09. The number of aromatic amines is 1. The molecule has 0 aliphatic rings. The molecule has 5 rings (SSSR count). The van der Waals surface area contributed by atoms with Gasteiger partial charge in [0.05, 0.1) is 49.1 Å². The zero-order chi connectivity index (χ0) is 40.2. The van der Waals surface area contributed by atoms with Crippen LogP contribution in [0.4, 0.5) is 10.1 Å². The third-order valence-corrected chi connectivity index (χ3v) is 7.66. The maximum atomic E-state index is 14.6. The Labute approximate surface area is 321 Å². The second kappa shape index (κ2) is 19.5. The van der Waals surface area contributed by atoms with Crippen molar-refractivity contribution in [3.05, 3.63) is 84.1 Å². The van der Waals surface area contributed by atoms with Crippen molar-refractivity contribution in [3.63, 3.8) is 0 Å². The number of esters is 1. The van der Waals surface area contributed by atoms with Crippen LogP contribution in [0.15, 0.2) is 35.1 Å². The molecule has 55 heavy (non-hydrogen) atoms. The van der Waals surface area contributed by atoms with E-state index in [1.165, 1.54) is 64.4 Å². The topological polar surface area (TPSA) is 223 Å². The summed E-state index contributed by atoms with van der Waals surface area (Å²) in [5.41, 5.74) is -0.359. The molecule has 0 radical (unpaired) electrons. The Morgan fingerprint density at radius 3 is 2.16 bits per heavy atom. The van der Waals surface area contributed by atoms with Crippen molar-refractivity contribution >= 4 is 46.0 Å². The van der Waals surface area contributed by atoms with Crippen LogP contribution in [0.2, 0.25) is 10.2 Å². The number of carbonyl (C=O) groups is 1. The molecule has 0 unspecified atom stereocenters. The number of methoxy groups -OCH3 is 5.